The van der Waals surface area contributed by atoms with Gasteiger partial charge in [0.25, 0.3) is 11.8 Å². The fraction of sp³-hybridized carbons (Fsp3) is 0.0909. The third-order valence-corrected chi connectivity index (χ3v) is 4.89. The number of amides is 2. The van der Waals surface area contributed by atoms with Crippen LogP contribution >= 0.6 is 27.5 Å². The number of ether oxygens (including phenoxy) is 1. The monoisotopic (exact) mass is 472 g/mol. The summed E-state index contributed by atoms with van der Waals surface area (Å²) in [7, 11) is 0. The van der Waals surface area contributed by atoms with Gasteiger partial charge in [-0.1, -0.05) is 41.9 Å². The topological polar surface area (TPSA) is 67.4 Å². The molecule has 0 aliphatic rings. The molecule has 2 N–H and O–H groups in total. The maximum absolute atomic E-state index is 12.6. The molecule has 0 fully saturated rings. The number of hydrogen-bond acceptors (Lipinski definition) is 3. The third kappa shape index (κ3) is 5.59. The van der Waals surface area contributed by atoms with Gasteiger partial charge in [-0.2, -0.15) is 0 Å². The normalized spacial score (nSPS) is 11.4. The summed E-state index contributed by atoms with van der Waals surface area (Å²) in [5, 5.41) is 6.18. The summed E-state index contributed by atoms with van der Waals surface area (Å²) in [6.07, 6.45) is -0.773. The first-order chi connectivity index (χ1) is 13.9. The number of carbonyl (C=O) groups is 2. The summed E-state index contributed by atoms with van der Waals surface area (Å²) in [6.45, 7) is 1.64. The lowest BCUT2D eigenvalue weighted by molar-refractivity contribution is -0.122. The van der Waals surface area contributed by atoms with Gasteiger partial charge in [0.15, 0.2) is 6.10 Å². The van der Waals surface area contributed by atoms with E-state index in [0.29, 0.717) is 32.2 Å². The number of carbonyl (C=O) groups excluding carboxylic acids is 2. The molecule has 0 aliphatic heterocycles. The largest absolute Gasteiger partial charge is 0.480 e. The molecule has 148 valence electrons. The van der Waals surface area contributed by atoms with Crippen LogP contribution < -0.4 is 15.4 Å². The van der Waals surface area contributed by atoms with E-state index >= 15 is 0 Å². The van der Waals surface area contributed by atoms with E-state index in [4.69, 9.17) is 16.3 Å². The predicted octanol–water partition coefficient (Wildman–Crippen LogP) is 5.76. The van der Waals surface area contributed by atoms with Crippen molar-refractivity contribution in [1.82, 2.24) is 0 Å². The summed E-state index contributed by atoms with van der Waals surface area (Å²) in [4.78, 5) is 25.0. The Balaban J connectivity index is 1.69. The van der Waals surface area contributed by atoms with Gasteiger partial charge in [-0.3, -0.25) is 9.59 Å². The Labute approximate surface area is 182 Å². The molecule has 0 radical (unpaired) electrons. The van der Waals surface area contributed by atoms with Gasteiger partial charge in [-0.15, -0.1) is 0 Å². The van der Waals surface area contributed by atoms with E-state index in [1.165, 1.54) is 0 Å². The molecule has 0 aromatic heterocycles. The van der Waals surface area contributed by atoms with E-state index in [9.17, 15) is 9.59 Å². The van der Waals surface area contributed by atoms with Gasteiger partial charge in [0.2, 0.25) is 0 Å². The molecule has 3 aromatic carbocycles. The highest BCUT2D eigenvalue weighted by Gasteiger charge is 2.18. The molecule has 3 aromatic rings. The minimum Gasteiger partial charge on any atom is -0.480 e. The van der Waals surface area contributed by atoms with E-state index < -0.39 is 6.10 Å². The average Bonchev–Trinajstić information content (AvgIpc) is 2.72. The fourth-order valence-corrected chi connectivity index (χ4v) is 3.31. The van der Waals surface area contributed by atoms with Gasteiger partial charge in [0, 0.05) is 10.6 Å². The summed E-state index contributed by atoms with van der Waals surface area (Å²) in [5.74, 6) is -0.113. The molecule has 1 atom stereocenters. The van der Waals surface area contributed by atoms with E-state index in [1.807, 2.05) is 6.07 Å². The highest BCUT2D eigenvalue weighted by atomic mass is 79.9. The summed E-state index contributed by atoms with van der Waals surface area (Å²) < 4.78 is 6.37. The van der Waals surface area contributed by atoms with Gasteiger partial charge in [0.05, 0.1) is 15.8 Å². The summed E-state index contributed by atoms with van der Waals surface area (Å²) in [5.41, 5.74) is 1.50. The lowest BCUT2D eigenvalue weighted by Crippen LogP contribution is -2.30. The maximum Gasteiger partial charge on any atom is 0.265 e. The lowest BCUT2D eigenvalue weighted by atomic mass is 10.2. The number of anilines is 2. The smallest absolute Gasteiger partial charge is 0.265 e. The first-order valence-electron chi connectivity index (χ1n) is 8.82. The standard InChI is InChI=1S/C22H18BrClN2O3/c1-14(29-20-12-11-16(24)13-17(20)23)21(27)25-18-9-5-6-10-19(18)26-22(28)15-7-3-2-4-8-15/h2-14H,1H3,(H,25,27)(H,26,28). The van der Waals surface area contributed by atoms with Crippen molar-refractivity contribution < 1.29 is 14.3 Å². The number of hydrogen-bond donors (Lipinski definition) is 2. The number of para-hydroxylation sites is 2. The second-order valence-corrected chi connectivity index (χ2v) is 7.48. The Kier molecular flexibility index (Phi) is 6.90. The van der Waals surface area contributed by atoms with E-state index in [0.717, 1.165) is 0 Å². The Bertz CT molecular complexity index is 1030. The van der Waals surface area contributed by atoms with Crippen LogP contribution in [-0.4, -0.2) is 17.9 Å². The first-order valence-corrected chi connectivity index (χ1v) is 9.99. The Hall–Kier alpha value is -2.83. The molecule has 0 aliphatic carbocycles. The van der Waals surface area contributed by atoms with Crippen LogP contribution in [0.5, 0.6) is 5.75 Å². The lowest BCUT2D eigenvalue weighted by Gasteiger charge is -2.17. The zero-order chi connectivity index (χ0) is 20.8. The molecule has 0 saturated heterocycles. The Morgan fingerprint density at radius 2 is 1.55 bits per heavy atom. The van der Waals surface area contributed by atoms with Crippen LogP contribution in [0.4, 0.5) is 11.4 Å². The molecule has 1 unspecified atom stereocenters. The minimum absolute atomic E-state index is 0.262. The van der Waals surface area contributed by atoms with Gasteiger partial charge in [0.1, 0.15) is 5.75 Å². The molecule has 5 nitrogen and oxygen atoms in total. The van der Waals surface area contributed by atoms with Crippen LogP contribution in [0.25, 0.3) is 0 Å². The molecule has 0 heterocycles. The predicted molar refractivity (Wildman–Crippen MR) is 119 cm³/mol. The van der Waals surface area contributed by atoms with Crippen molar-refractivity contribution in [2.75, 3.05) is 10.6 Å². The molecule has 0 spiro atoms. The Morgan fingerprint density at radius 3 is 2.21 bits per heavy atom. The second-order valence-electron chi connectivity index (χ2n) is 6.19. The number of rotatable bonds is 6. The van der Waals surface area contributed by atoms with Gasteiger partial charge >= 0.3 is 0 Å². The van der Waals surface area contributed by atoms with Gasteiger partial charge in [-0.05, 0) is 65.3 Å². The molecule has 0 saturated carbocycles. The fourth-order valence-electron chi connectivity index (χ4n) is 2.53. The summed E-state index contributed by atoms with van der Waals surface area (Å²) >= 11 is 9.29. The SMILES string of the molecule is CC(Oc1ccc(Cl)cc1Br)C(=O)Nc1ccccc1NC(=O)c1ccccc1. The van der Waals surface area contributed by atoms with Crippen LogP contribution in [0.15, 0.2) is 77.3 Å². The highest BCUT2D eigenvalue weighted by molar-refractivity contribution is 9.10. The summed E-state index contributed by atoms with van der Waals surface area (Å²) in [6, 6.07) is 20.9. The van der Waals surface area contributed by atoms with E-state index in [1.54, 1.807) is 73.7 Å². The van der Waals surface area contributed by atoms with Crippen molar-refractivity contribution in [2.45, 2.75) is 13.0 Å². The van der Waals surface area contributed by atoms with Gasteiger partial charge < -0.3 is 15.4 Å². The van der Waals surface area contributed by atoms with Gasteiger partial charge in [-0.25, -0.2) is 0 Å². The van der Waals surface area contributed by atoms with E-state index in [2.05, 4.69) is 26.6 Å². The van der Waals surface area contributed by atoms with Crippen molar-refractivity contribution in [2.24, 2.45) is 0 Å². The van der Waals surface area contributed by atoms with Crippen molar-refractivity contribution in [1.29, 1.82) is 0 Å². The van der Waals surface area contributed by atoms with E-state index in [-0.39, 0.29) is 11.8 Å². The number of halogens is 2. The molecular formula is C22H18BrClN2O3. The molecular weight excluding hydrogens is 456 g/mol. The molecule has 7 heteroatoms. The number of benzene rings is 3. The van der Waals surface area contributed by atoms with Crippen molar-refractivity contribution in [3.8, 4) is 5.75 Å². The van der Waals surface area contributed by atoms with Crippen molar-refractivity contribution in [3.63, 3.8) is 0 Å². The van der Waals surface area contributed by atoms with Crippen LogP contribution in [-0.2, 0) is 4.79 Å². The molecule has 3 rings (SSSR count). The third-order valence-electron chi connectivity index (χ3n) is 4.04. The Morgan fingerprint density at radius 1 is 0.931 bits per heavy atom. The molecule has 29 heavy (non-hydrogen) atoms. The zero-order valence-electron chi connectivity index (χ0n) is 15.5. The van der Waals surface area contributed by atoms with Crippen LogP contribution in [0.3, 0.4) is 0 Å². The highest BCUT2D eigenvalue weighted by Crippen LogP contribution is 2.29. The van der Waals surface area contributed by atoms with Crippen LogP contribution in [0.2, 0.25) is 5.02 Å². The van der Waals surface area contributed by atoms with Crippen LogP contribution in [0, 0.1) is 0 Å². The first kappa shape index (κ1) is 20.9. The number of nitrogens with one attached hydrogen (secondary N) is 2. The maximum atomic E-state index is 12.6. The quantitative estimate of drug-likeness (QED) is 0.478. The van der Waals surface area contributed by atoms with Crippen molar-refractivity contribution in [3.05, 3.63) is 87.9 Å². The van der Waals surface area contributed by atoms with Crippen LogP contribution in [0.1, 0.15) is 17.3 Å². The zero-order valence-corrected chi connectivity index (χ0v) is 17.8. The average molecular weight is 474 g/mol. The van der Waals surface area contributed by atoms with Crippen molar-refractivity contribution >= 4 is 50.7 Å². The molecule has 2 amide bonds. The molecule has 0 bridgehead atoms. The second kappa shape index (κ2) is 9.58. The minimum atomic E-state index is -0.773.